The Morgan fingerprint density at radius 2 is 1.77 bits per heavy atom. The quantitative estimate of drug-likeness (QED) is 0.456. The molecule has 1 aliphatic carbocycles. The van der Waals surface area contributed by atoms with Crippen LogP contribution < -0.4 is 11.1 Å². The molecule has 1 saturated carbocycles. The van der Waals surface area contributed by atoms with Gasteiger partial charge in [0.05, 0.1) is 18.4 Å². The predicted octanol–water partition coefficient (Wildman–Crippen LogP) is 3.09. The summed E-state index contributed by atoms with van der Waals surface area (Å²) >= 11 is 6.08. The van der Waals surface area contributed by atoms with Crippen LogP contribution in [-0.4, -0.2) is 74.3 Å². The first kappa shape index (κ1) is 30.1. The molecule has 2 heterocycles. The summed E-state index contributed by atoms with van der Waals surface area (Å²) in [6.45, 7) is 4.92. The van der Waals surface area contributed by atoms with Crippen LogP contribution in [-0.2, 0) is 34.3 Å². The molecule has 10 heteroatoms. The van der Waals surface area contributed by atoms with Crippen LogP contribution in [0.25, 0.3) is 0 Å². The van der Waals surface area contributed by atoms with Gasteiger partial charge in [-0.15, -0.1) is 0 Å². The number of amides is 3. The van der Waals surface area contributed by atoms with Gasteiger partial charge in [-0.1, -0.05) is 56.8 Å². The highest BCUT2D eigenvalue weighted by atomic mass is 35.5. The van der Waals surface area contributed by atoms with Gasteiger partial charge in [0.1, 0.15) is 6.04 Å². The van der Waals surface area contributed by atoms with E-state index in [0.29, 0.717) is 31.0 Å². The number of nitrogens with one attached hydrogen (secondary N) is 1. The summed E-state index contributed by atoms with van der Waals surface area (Å²) in [6, 6.07) is 5.90. The van der Waals surface area contributed by atoms with E-state index < -0.39 is 12.1 Å². The molecule has 0 bridgehead atoms. The molecule has 0 spiro atoms. The van der Waals surface area contributed by atoms with Crippen LogP contribution in [0.3, 0.4) is 0 Å². The van der Waals surface area contributed by atoms with Crippen LogP contribution in [0.2, 0.25) is 5.02 Å². The Balaban J connectivity index is 1.49. The molecule has 3 unspecified atom stereocenters. The maximum absolute atomic E-state index is 13.9. The summed E-state index contributed by atoms with van der Waals surface area (Å²) in [5.41, 5.74) is 7.98. The van der Waals surface area contributed by atoms with Crippen molar-refractivity contribution >= 4 is 29.3 Å². The second-order valence-corrected chi connectivity index (χ2v) is 12.1. The molecule has 218 valence electrons. The summed E-state index contributed by atoms with van der Waals surface area (Å²) in [6.07, 6.45) is 10.2. The van der Waals surface area contributed by atoms with Crippen molar-refractivity contribution < 1.29 is 14.4 Å². The van der Waals surface area contributed by atoms with E-state index in [1.807, 2.05) is 42.5 Å². The molecular weight excluding hydrogens is 528 g/mol. The summed E-state index contributed by atoms with van der Waals surface area (Å²) in [5.74, 6) is -0.468. The largest absolute Gasteiger partial charge is 0.343 e. The van der Waals surface area contributed by atoms with Gasteiger partial charge in [0.15, 0.2) is 0 Å². The second-order valence-electron chi connectivity index (χ2n) is 11.6. The lowest BCUT2D eigenvalue weighted by Gasteiger charge is -2.39. The normalized spacial score (nSPS) is 19.4. The number of aryl methyl sites for hydroxylation is 1. The molecule has 1 aromatic carbocycles. The Labute approximate surface area is 242 Å². The molecule has 3 amide bonds. The van der Waals surface area contributed by atoms with Gasteiger partial charge in [-0.05, 0) is 37.0 Å². The highest BCUT2D eigenvalue weighted by Crippen LogP contribution is 2.29. The molecule has 1 aromatic heterocycles. The van der Waals surface area contributed by atoms with E-state index in [4.69, 9.17) is 17.3 Å². The van der Waals surface area contributed by atoms with Gasteiger partial charge in [0.25, 0.3) is 0 Å². The molecule has 2 aromatic rings. The maximum atomic E-state index is 13.9. The summed E-state index contributed by atoms with van der Waals surface area (Å²) in [7, 11) is 1.85. The number of benzene rings is 1. The SMILES string of the molecule is CC(C)C(=O)N(C1CCCCC1)C1CCN(C(=O)C(Cc2ccc(Cl)cc2)NC(=O)C(N)Cc2cncn2C)C1. The number of carbonyl (C=O) groups is 3. The molecule has 1 aliphatic heterocycles. The Morgan fingerprint density at radius 1 is 1.07 bits per heavy atom. The van der Waals surface area contributed by atoms with Crippen molar-refractivity contribution in [3.05, 3.63) is 53.1 Å². The Kier molecular flexibility index (Phi) is 10.2. The van der Waals surface area contributed by atoms with E-state index in [1.165, 1.54) is 6.42 Å². The van der Waals surface area contributed by atoms with Crippen molar-refractivity contribution in [3.8, 4) is 0 Å². The highest BCUT2D eigenvalue weighted by molar-refractivity contribution is 6.30. The van der Waals surface area contributed by atoms with Crippen molar-refractivity contribution in [2.24, 2.45) is 18.7 Å². The maximum Gasteiger partial charge on any atom is 0.245 e. The molecule has 9 nitrogen and oxygen atoms in total. The number of carbonyl (C=O) groups excluding carboxylic acids is 3. The lowest BCUT2D eigenvalue weighted by atomic mass is 9.92. The first-order valence-electron chi connectivity index (χ1n) is 14.5. The Hall–Kier alpha value is -2.91. The number of rotatable bonds is 10. The number of hydrogen-bond acceptors (Lipinski definition) is 5. The fourth-order valence-electron chi connectivity index (χ4n) is 5.94. The van der Waals surface area contributed by atoms with Gasteiger partial charge in [-0.25, -0.2) is 4.98 Å². The van der Waals surface area contributed by atoms with Crippen LogP contribution in [0.5, 0.6) is 0 Å². The summed E-state index contributed by atoms with van der Waals surface area (Å²) in [5, 5.41) is 3.54. The van der Waals surface area contributed by atoms with Gasteiger partial charge in [-0.2, -0.15) is 0 Å². The zero-order valence-corrected chi connectivity index (χ0v) is 24.6. The Morgan fingerprint density at radius 3 is 2.40 bits per heavy atom. The Bertz CT molecular complexity index is 1160. The topological polar surface area (TPSA) is 114 Å². The lowest BCUT2D eigenvalue weighted by Crippen LogP contribution is -2.55. The van der Waals surface area contributed by atoms with E-state index in [9.17, 15) is 14.4 Å². The molecule has 4 rings (SSSR count). The van der Waals surface area contributed by atoms with E-state index in [0.717, 1.165) is 43.4 Å². The number of halogens is 1. The number of nitrogens with two attached hydrogens (primary N) is 1. The van der Waals surface area contributed by atoms with Crippen LogP contribution in [0.15, 0.2) is 36.8 Å². The van der Waals surface area contributed by atoms with Gasteiger partial charge in [0, 0.05) is 61.9 Å². The predicted molar refractivity (Wildman–Crippen MR) is 156 cm³/mol. The van der Waals surface area contributed by atoms with Crippen LogP contribution in [0.4, 0.5) is 0 Å². The van der Waals surface area contributed by atoms with E-state index in [1.54, 1.807) is 24.7 Å². The molecule has 3 atom stereocenters. The fourth-order valence-corrected chi connectivity index (χ4v) is 6.07. The number of aromatic nitrogens is 2. The molecule has 2 fully saturated rings. The molecule has 40 heavy (non-hydrogen) atoms. The van der Waals surface area contributed by atoms with E-state index in [2.05, 4.69) is 15.2 Å². The molecular formula is C30H43ClN6O3. The minimum atomic E-state index is -0.826. The standard InChI is InChI=1S/C30H43ClN6O3/c1-20(2)29(39)37(23-7-5-4-6-8-23)24-13-14-36(18-24)30(40)27(15-21-9-11-22(31)12-10-21)34-28(38)26(32)16-25-17-33-19-35(25)3/h9-12,17,19-20,23-24,26-27H,4-8,13-16,18,32H2,1-3H3,(H,34,38). The van der Waals surface area contributed by atoms with Crippen LogP contribution >= 0.6 is 11.6 Å². The van der Waals surface area contributed by atoms with Gasteiger partial charge < -0.3 is 25.4 Å². The van der Waals surface area contributed by atoms with Crippen molar-refractivity contribution in [2.75, 3.05) is 13.1 Å². The van der Waals surface area contributed by atoms with Gasteiger partial charge in [-0.3, -0.25) is 14.4 Å². The zero-order valence-electron chi connectivity index (χ0n) is 23.9. The van der Waals surface area contributed by atoms with Crippen molar-refractivity contribution in [1.82, 2.24) is 24.7 Å². The van der Waals surface area contributed by atoms with Crippen molar-refractivity contribution in [1.29, 1.82) is 0 Å². The second kappa shape index (κ2) is 13.6. The first-order valence-corrected chi connectivity index (χ1v) is 14.9. The molecule has 3 N–H and O–H groups in total. The monoisotopic (exact) mass is 570 g/mol. The number of likely N-dealkylation sites (tertiary alicyclic amines) is 1. The molecule has 1 saturated heterocycles. The van der Waals surface area contributed by atoms with E-state index in [-0.39, 0.29) is 35.7 Å². The lowest BCUT2D eigenvalue weighted by molar-refractivity contribution is -0.141. The van der Waals surface area contributed by atoms with Crippen molar-refractivity contribution in [3.63, 3.8) is 0 Å². The average Bonchev–Trinajstić information content (AvgIpc) is 3.59. The summed E-state index contributed by atoms with van der Waals surface area (Å²) < 4.78 is 1.82. The third-order valence-electron chi connectivity index (χ3n) is 8.23. The van der Waals surface area contributed by atoms with E-state index >= 15 is 0 Å². The van der Waals surface area contributed by atoms with Gasteiger partial charge in [0.2, 0.25) is 17.7 Å². The minimum Gasteiger partial charge on any atom is -0.343 e. The smallest absolute Gasteiger partial charge is 0.245 e. The number of nitrogens with zero attached hydrogens (tertiary/aromatic N) is 4. The first-order chi connectivity index (χ1) is 19.1. The van der Waals surface area contributed by atoms with Crippen LogP contribution in [0, 0.1) is 5.92 Å². The van der Waals surface area contributed by atoms with Crippen LogP contribution in [0.1, 0.15) is 63.6 Å². The summed E-state index contributed by atoms with van der Waals surface area (Å²) in [4.78, 5) is 48.4. The zero-order chi connectivity index (χ0) is 28.8. The number of imidazole rings is 1. The van der Waals surface area contributed by atoms with Gasteiger partial charge >= 0.3 is 0 Å². The average molecular weight is 571 g/mol. The molecule has 0 radical (unpaired) electrons. The van der Waals surface area contributed by atoms with Crippen molar-refractivity contribution in [2.45, 2.75) is 89.4 Å². The minimum absolute atomic E-state index is 0.0130. The third kappa shape index (κ3) is 7.43. The highest BCUT2D eigenvalue weighted by Gasteiger charge is 2.39. The number of hydrogen-bond donors (Lipinski definition) is 2. The third-order valence-corrected chi connectivity index (χ3v) is 8.49. The molecule has 2 aliphatic rings. The fraction of sp³-hybridized carbons (Fsp3) is 0.600.